The molecule has 0 aliphatic carbocycles. The summed E-state index contributed by atoms with van der Waals surface area (Å²) < 4.78 is 3.54. The van der Waals surface area contributed by atoms with Gasteiger partial charge in [0, 0.05) is 32.3 Å². The van der Waals surface area contributed by atoms with Gasteiger partial charge in [-0.15, -0.1) is 11.3 Å². The lowest BCUT2D eigenvalue weighted by Gasteiger charge is -2.11. The van der Waals surface area contributed by atoms with Gasteiger partial charge in [-0.1, -0.05) is 109 Å². The monoisotopic (exact) mass is 656 g/mol. The van der Waals surface area contributed by atoms with Crippen LogP contribution in [0.5, 0.6) is 0 Å². The van der Waals surface area contributed by atoms with Gasteiger partial charge in [-0.3, -0.25) is 0 Å². The summed E-state index contributed by atoms with van der Waals surface area (Å²) in [6.45, 7) is 0. The highest BCUT2D eigenvalue weighted by Gasteiger charge is 2.16. The molecule has 0 radical (unpaired) electrons. The second kappa shape index (κ2) is 11.6. The lowest BCUT2D eigenvalue weighted by Crippen LogP contribution is -2.00. The fourth-order valence-corrected chi connectivity index (χ4v) is 7.99. The molecule has 0 atom stereocenters. The molecule has 50 heavy (non-hydrogen) atoms. The van der Waals surface area contributed by atoms with Gasteiger partial charge in [-0.25, -0.2) is 15.0 Å². The van der Waals surface area contributed by atoms with E-state index in [2.05, 4.69) is 168 Å². The van der Waals surface area contributed by atoms with Gasteiger partial charge in [0.15, 0.2) is 17.5 Å². The van der Waals surface area contributed by atoms with Crippen molar-refractivity contribution in [3.8, 4) is 50.3 Å². The van der Waals surface area contributed by atoms with Gasteiger partial charge in [-0.05, 0) is 87.9 Å². The molecule has 0 saturated carbocycles. The van der Waals surface area contributed by atoms with E-state index in [4.69, 9.17) is 15.0 Å². The van der Waals surface area contributed by atoms with Gasteiger partial charge in [0.25, 0.3) is 0 Å². The Hall–Kier alpha value is -6.43. The Balaban J connectivity index is 1.09. The molecular weight excluding hydrogens is 629 g/mol. The van der Waals surface area contributed by atoms with E-state index in [1.54, 1.807) is 11.3 Å². The molecule has 0 aliphatic heterocycles. The molecule has 0 N–H and O–H groups in total. The summed E-state index contributed by atoms with van der Waals surface area (Å²) in [6, 6.07) is 59.9. The summed E-state index contributed by atoms with van der Waals surface area (Å²) in [7, 11) is 0. The van der Waals surface area contributed by atoms with Crippen molar-refractivity contribution >= 4 is 54.0 Å². The topological polar surface area (TPSA) is 43.6 Å². The van der Waals surface area contributed by atoms with E-state index < -0.39 is 0 Å². The zero-order valence-corrected chi connectivity index (χ0v) is 27.7. The highest BCUT2D eigenvalue weighted by Crippen LogP contribution is 2.36. The van der Waals surface area contributed by atoms with Crippen molar-refractivity contribution in [2.75, 3.05) is 0 Å². The van der Waals surface area contributed by atoms with E-state index in [0.717, 1.165) is 27.1 Å². The van der Waals surface area contributed by atoms with Gasteiger partial charge >= 0.3 is 0 Å². The van der Waals surface area contributed by atoms with Crippen LogP contribution in [0.4, 0.5) is 0 Å². The number of benzene rings is 7. The average molecular weight is 657 g/mol. The van der Waals surface area contributed by atoms with Crippen molar-refractivity contribution < 1.29 is 0 Å². The molecule has 3 aromatic heterocycles. The Bertz CT molecular complexity index is 2780. The van der Waals surface area contributed by atoms with E-state index in [-0.39, 0.29) is 0 Å². The summed E-state index contributed by atoms with van der Waals surface area (Å²) in [5.74, 6) is 1.98. The first kappa shape index (κ1) is 28.6. The van der Waals surface area contributed by atoms with Crippen LogP contribution >= 0.6 is 11.3 Å². The van der Waals surface area contributed by atoms with Crippen LogP contribution in [0.15, 0.2) is 170 Å². The van der Waals surface area contributed by atoms with Crippen molar-refractivity contribution in [3.63, 3.8) is 0 Å². The Labute approximate surface area is 292 Å². The lowest BCUT2D eigenvalue weighted by molar-refractivity contribution is 1.08. The fraction of sp³-hybridized carbons (Fsp3) is 0. The molecule has 0 bridgehead atoms. The van der Waals surface area contributed by atoms with Crippen molar-refractivity contribution in [1.82, 2.24) is 19.5 Å². The van der Waals surface area contributed by atoms with E-state index in [0.29, 0.717) is 17.5 Å². The molecule has 3 heterocycles. The van der Waals surface area contributed by atoms with E-state index in [1.165, 1.54) is 48.4 Å². The Morgan fingerprint density at radius 3 is 1.66 bits per heavy atom. The maximum atomic E-state index is 5.09. The highest BCUT2D eigenvalue weighted by molar-refractivity contribution is 7.22. The van der Waals surface area contributed by atoms with Crippen LogP contribution in [0.2, 0.25) is 0 Å². The molecule has 7 aromatic carbocycles. The number of hydrogen-bond acceptors (Lipinski definition) is 4. The van der Waals surface area contributed by atoms with Gasteiger partial charge in [0.1, 0.15) is 0 Å². The highest BCUT2D eigenvalue weighted by atomic mass is 32.1. The molecule has 0 unspecified atom stereocenters. The smallest absolute Gasteiger partial charge is 0.174 e. The molecule has 0 amide bonds. The van der Waals surface area contributed by atoms with Crippen LogP contribution in [-0.4, -0.2) is 19.5 Å². The zero-order chi connectivity index (χ0) is 33.0. The standard InChI is InChI=1S/C45H28N4S/c1-2-10-29(11-3-1)31-18-19-33-27-35(21-20-32(33)26-31)44-46-43(47-45(48-44)42-28-34-12-4-9-17-41(34)50-42)30-22-24-36(25-23-30)49-39-15-7-5-13-37(39)38-14-6-8-16-40(38)49/h1-28H. The molecule has 4 nitrogen and oxygen atoms in total. The van der Waals surface area contributed by atoms with Crippen molar-refractivity contribution in [3.05, 3.63) is 170 Å². The van der Waals surface area contributed by atoms with Crippen LogP contribution in [0.25, 0.3) is 93.0 Å². The summed E-state index contributed by atoms with van der Waals surface area (Å²) in [4.78, 5) is 16.3. The van der Waals surface area contributed by atoms with Crippen molar-refractivity contribution in [2.24, 2.45) is 0 Å². The number of rotatable bonds is 5. The van der Waals surface area contributed by atoms with Crippen molar-refractivity contribution in [1.29, 1.82) is 0 Å². The zero-order valence-electron chi connectivity index (χ0n) is 26.9. The molecular formula is C45H28N4S. The minimum atomic E-state index is 0.649. The van der Waals surface area contributed by atoms with Crippen molar-refractivity contribution in [2.45, 2.75) is 0 Å². The maximum Gasteiger partial charge on any atom is 0.174 e. The SMILES string of the molecule is c1ccc(-c2ccc3cc(-c4nc(-c5ccc(-n6c7ccccc7c7ccccc76)cc5)nc(-c5cc6ccccc6s5)n4)ccc3c2)cc1. The summed E-state index contributed by atoms with van der Waals surface area (Å²) in [6.07, 6.45) is 0. The first-order valence-corrected chi connectivity index (χ1v) is 17.5. The maximum absolute atomic E-state index is 5.09. The first-order valence-electron chi connectivity index (χ1n) is 16.7. The molecule has 5 heteroatoms. The molecule has 234 valence electrons. The number of aromatic nitrogens is 4. The van der Waals surface area contributed by atoms with Gasteiger partial charge in [0.05, 0.1) is 15.9 Å². The van der Waals surface area contributed by atoms with Crippen LogP contribution in [0.1, 0.15) is 0 Å². The number of nitrogens with zero attached hydrogens (tertiary/aromatic N) is 4. The number of hydrogen-bond donors (Lipinski definition) is 0. The summed E-state index contributed by atoms with van der Waals surface area (Å²) >= 11 is 1.71. The third-order valence-electron chi connectivity index (χ3n) is 9.45. The van der Waals surface area contributed by atoms with E-state index in [1.807, 2.05) is 6.07 Å². The first-order chi connectivity index (χ1) is 24.7. The van der Waals surface area contributed by atoms with Crippen LogP contribution < -0.4 is 0 Å². The number of fused-ring (bicyclic) bond motifs is 5. The molecule has 0 aliphatic rings. The summed E-state index contributed by atoms with van der Waals surface area (Å²) in [5.41, 5.74) is 7.76. The number of thiophene rings is 1. The van der Waals surface area contributed by atoms with Crippen LogP contribution in [0, 0.1) is 0 Å². The third kappa shape index (κ3) is 4.87. The molecule has 0 fully saturated rings. The fourth-order valence-electron chi connectivity index (χ4n) is 6.99. The third-order valence-corrected chi connectivity index (χ3v) is 10.6. The molecule has 10 aromatic rings. The predicted octanol–water partition coefficient (Wildman–Crippen LogP) is 12.0. The minimum Gasteiger partial charge on any atom is -0.309 e. The van der Waals surface area contributed by atoms with E-state index in [9.17, 15) is 0 Å². The number of para-hydroxylation sites is 2. The predicted molar refractivity (Wildman–Crippen MR) is 209 cm³/mol. The van der Waals surface area contributed by atoms with E-state index >= 15 is 0 Å². The Morgan fingerprint density at radius 1 is 0.380 bits per heavy atom. The molecule has 0 spiro atoms. The second-order valence-electron chi connectivity index (χ2n) is 12.5. The second-order valence-corrected chi connectivity index (χ2v) is 13.6. The average Bonchev–Trinajstić information content (AvgIpc) is 3.78. The molecule has 10 rings (SSSR count). The quantitative estimate of drug-likeness (QED) is 0.185. The minimum absolute atomic E-state index is 0.649. The van der Waals surface area contributed by atoms with Gasteiger partial charge in [-0.2, -0.15) is 0 Å². The van der Waals surface area contributed by atoms with Gasteiger partial charge in [0.2, 0.25) is 0 Å². The van der Waals surface area contributed by atoms with Crippen LogP contribution in [-0.2, 0) is 0 Å². The van der Waals surface area contributed by atoms with Crippen LogP contribution in [0.3, 0.4) is 0 Å². The largest absolute Gasteiger partial charge is 0.309 e. The van der Waals surface area contributed by atoms with Gasteiger partial charge < -0.3 is 4.57 Å². The molecule has 0 saturated heterocycles. The summed E-state index contributed by atoms with van der Waals surface area (Å²) in [5, 5.41) is 5.99. The Morgan fingerprint density at radius 2 is 0.940 bits per heavy atom. The normalized spacial score (nSPS) is 11.6. The Kier molecular flexibility index (Phi) is 6.64. The lowest BCUT2D eigenvalue weighted by atomic mass is 10.00.